The molecule has 0 saturated carbocycles. The van der Waals surface area contributed by atoms with Crippen LogP contribution < -0.4 is 14.4 Å². The summed E-state index contributed by atoms with van der Waals surface area (Å²) < 4.78 is 18.2. The Kier molecular flexibility index (Phi) is 7.65. The van der Waals surface area contributed by atoms with Gasteiger partial charge in [0.15, 0.2) is 11.5 Å². The second-order valence-electron chi connectivity index (χ2n) is 18.0. The number of para-hydroxylation sites is 5. The predicted molar refractivity (Wildman–Crippen MR) is 272 cm³/mol. The van der Waals surface area contributed by atoms with E-state index in [2.05, 4.69) is 129 Å². The summed E-state index contributed by atoms with van der Waals surface area (Å²) in [5, 5.41) is 23.8. The summed E-state index contributed by atoms with van der Waals surface area (Å²) in [7, 11) is 0. The normalized spacial score (nSPS) is 13.4. The van der Waals surface area contributed by atoms with Crippen LogP contribution in [0.15, 0.2) is 200 Å². The minimum absolute atomic E-state index is 0.551. The summed E-state index contributed by atoms with van der Waals surface area (Å²) in [6.45, 7) is 0. The standard InChI is InChI=1S/C61H33N7O2/c62-34-36-17-24-50-42(29-36)43-30-37(35-63)18-25-51(43)67(50)40-20-23-46-58(33-40)70-57-32-39(19-22-45(57)61(46)47-10-7-27-64-59(47)60-48(61)11-8-28-65-60)66-49-12-2-1-9-41(49)44-31-38(21-26-52(44)66)68-53-13-3-5-15-55(53)69-56-16-6-4-14-54(56)68/h1-33H. The molecule has 3 aliphatic rings. The Hall–Kier alpha value is -9.96. The maximum absolute atomic E-state index is 9.91. The van der Waals surface area contributed by atoms with E-state index in [4.69, 9.17) is 19.4 Å². The van der Waals surface area contributed by atoms with Gasteiger partial charge in [-0.3, -0.25) is 9.97 Å². The van der Waals surface area contributed by atoms with Crippen molar-refractivity contribution in [3.05, 3.63) is 234 Å². The van der Waals surface area contributed by atoms with Gasteiger partial charge in [0.05, 0.1) is 73.5 Å². The van der Waals surface area contributed by atoms with Crippen LogP contribution >= 0.6 is 0 Å². The third-order valence-electron chi connectivity index (χ3n) is 14.5. The topological polar surface area (TPSA) is 105 Å². The Morgan fingerprint density at radius 3 is 1.43 bits per heavy atom. The first-order valence-electron chi connectivity index (χ1n) is 23.1. The van der Waals surface area contributed by atoms with Crippen molar-refractivity contribution in [3.63, 3.8) is 0 Å². The molecular formula is C61H33N7O2. The first-order chi connectivity index (χ1) is 34.6. The van der Waals surface area contributed by atoms with E-state index in [-0.39, 0.29) is 0 Å². The molecule has 0 bridgehead atoms. The number of aromatic nitrogens is 4. The van der Waals surface area contributed by atoms with E-state index < -0.39 is 5.41 Å². The molecule has 6 heterocycles. The highest BCUT2D eigenvalue weighted by molar-refractivity contribution is 6.12. The quantitative estimate of drug-likeness (QED) is 0.174. The highest BCUT2D eigenvalue weighted by Gasteiger charge is 2.52. The monoisotopic (exact) mass is 895 g/mol. The largest absolute Gasteiger partial charge is 0.457 e. The SMILES string of the molecule is N#Cc1ccc2c(c1)c1cc(C#N)ccc1n2-c1ccc2c(c1)Oc1cc(-n3c4ccccc4c4cc(N5c6ccccc6Oc6ccccc65)ccc43)ccc1C21c2cccnc2-c2ncccc21. The molecule has 9 heteroatoms. The Bertz CT molecular complexity index is 4220. The van der Waals surface area contributed by atoms with Crippen LogP contribution in [0.3, 0.4) is 0 Å². The van der Waals surface area contributed by atoms with Gasteiger partial charge in [0.25, 0.3) is 0 Å². The number of anilines is 3. The fourth-order valence-corrected chi connectivity index (χ4v) is 11.7. The van der Waals surface area contributed by atoms with Crippen molar-refractivity contribution < 1.29 is 9.47 Å². The van der Waals surface area contributed by atoms with E-state index in [0.29, 0.717) is 16.9 Å². The van der Waals surface area contributed by atoms with Crippen LogP contribution in [0.2, 0.25) is 0 Å². The Balaban J connectivity index is 0.950. The van der Waals surface area contributed by atoms with Crippen LogP contribution in [0, 0.1) is 22.7 Å². The lowest BCUT2D eigenvalue weighted by molar-refractivity contribution is 0.436. The van der Waals surface area contributed by atoms with Gasteiger partial charge in [-0.15, -0.1) is 0 Å². The van der Waals surface area contributed by atoms with E-state index in [0.717, 1.165) is 123 Å². The highest BCUT2D eigenvalue weighted by atomic mass is 16.5. The summed E-state index contributed by atoms with van der Waals surface area (Å²) in [4.78, 5) is 12.2. The zero-order valence-corrected chi connectivity index (χ0v) is 37.0. The molecule has 0 saturated heterocycles. The Labute approximate surface area is 400 Å². The van der Waals surface area contributed by atoms with E-state index in [1.165, 1.54) is 0 Å². The van der Waals surface area contributed by atoms with Crippen molar-refractivity contribution in [3.8, 4) is 57.9 Å². The second kappa shape index (κ2) is 14.0. The van der Waals surface area contributed by atoms with E-state index in [1.54, 1.807) is 0 Å². The smallest absolute Gasteiger partial charge is 0.151 e. The predicted octanol–water partition coefficient (Wildman–Crippen LogP) is 14.5. The van der Waals surface area contributed by atoms with Crippen molar-refractivity contribution in [2.24, 2.45) is 0 Å². The van der Waals surface area contributed by atoms with Crippen LogP contribution in [-0.2, 0) is 5.41 Å². The van der Waals surface area contributed by atoms with Gasteiger partial charge in [0.1, 0.15) is 11.5 Å². The zero-order valence-electron chi connectivity index (χ0n) is 37.0. The molecule has 2 aliphatic heterocycles. The van der Waals surface area contributed by atoms with Crippen molar-refractivity contribution >= 4 is 60.7 Å². The molecule has 0 radical (unpaired) electrons. The number of rotatable bonds is 3. The average Bonchev–Trinajstić information content (AvgIpc) is 4.03. The molecular weight excluding hydrogens is 863 g/mol. The van der Waals surface area contributed by atoms with Gasteiger partial charge in [0.2, 0.25) is 0 Å². The highest BCUT2D eigenvalue weighted by Crippen LogP contribution is 2.62. The molecule has 70 heavy (non-hydrogen) atoms. The summed E-state index contributed by atoms with van der Waals surface area (Å²) in [5.74, 6) is 3.03. The third-order valence-corrected chi connectivity index (χ3v) is 14.5. The van der Waals surface area contributed by atoms with Gasteiger partial charge >= 0.3 is 0 Å². The van der Waals surface area contributed by atoms with Crippen molar-refractivity contribution in [1.29, 1.82) is 10.5 Å². The van der Waals surface area contributed by atoms with Gasteiger partial charge in [0, 0.05) is 74.3 Å². The van der Waals surface area contributed by atoms with Gasteiger partial charge < -0.3 is 23.5 Å². The molecule has 12 aromatic rings. The molecule has 0 N–H and O–H groups in total. The summed E-state index contributed by atoms with van der Waals surface area (Å²) >= 11 is 0. The molecule has 1 spiro atoms. The van der Waals surface area contributed by atoms with Crippen molar-refractivity contribution in [2.75, 3.05) is 4.90 Å². The van der Waals surface area contributed by atoms with Gasteiger partial charge in [-0.2, -0.15) is 10.5 Å². The Morgan fingerprint density at radius 2 is 0.857 bits per heavy atom. The molecule has 0 amide bonds. The number of nitrogens with zero attached hydrogens (tertiary/aromatic N) is 7. The lowest BCUT2D eigenvalue weighted by atomic mass is 9.66. The third kappa shape index (κ3) is 5.02. The number of hydrogen-bond donors (Lipinski definition) is 0. The van der Waals surface area contributed by atoms with Crippen LogP contribution in [0.1, 0.15) is 33.4 Å². The van der Waals surface area contributed by atoms with Crippen LogP contribution in [0.5, 0.6) is 23.0 Å². The van der Waals surface area contributed by atoms with E-state index in [9.17, 15) is 10.5 Å². The summed E-state index contributed by atoms with van der Waals surface area (Å²) in [5.41, 5.74) is 14.8. The minimum Gasteiger partial charge on any atom is -0.457 e. The molecule has 8 aromatic carbocycles. The van der Waals surface area contributed by atoms with Crippen molar-refractivity contribution in [1.82, 2.24) is 19.1 Å². The lowest BCUT2D eigenvalue weighted by Gasteiger charge is -2.39. The van der Waals surface area contributed by atoms with Gasteiger partial charge in [-0.05, 0) is 120 Å². The molecule has 4 aromatic heterocycles. The molecule has 0 fully saturated rings. The number of pyridine rings is 2. The zero-order chi connectivity index (χ0) is 46.2. The average molecular weight is 896 g/mol. The molecule has 0 unspecified atom stereocenters. The van der Waals surface area contributed by atoms with Gasteiger partial charge in [-0.25, -0.2) is 0 Å². The van der Waals surface area contributed by atoms with Gasteiger partial charge in [-0.1, -0.05) is 66.7 Å². The number of nitriles is 2. The van der Waals surface area contributed by atoms with Crippen molar-refractivity contribution in [2.45, 2.75) is 5.41 Å². The minimum atomic E-state index is -0.808. The molecule has 1 aliphatic carbocycles. The first-order valence-corrected chi connectivity index (χ1v) is 23.1. The molecule has 9 nitrogen and oxygen atoms in total. The number of hydrogen-bond acceptors (Lipinski definition) is 7. The lowest BCUT2D eigenvalue weighted by Crippen LogP contribution is -2.32. The molecule has 15 rings (SSSR count). The summed E-state index contributed by atoms with van der Waals surface area (Å²) in [6.07, 6.45) is 3.68. The van der Waals surface area contributed by atoms with Crippen LogP contribution in [0.4, 0.5) is 17.1 Å². The fourth-order valence-electron chi connectivity index (χ4n) is 11.7. The van der Waals surface area contributed by atoms with Crippen LogP contribution in [0.25, 0.3) is 66.4 Å². The number of fused-ring (bicyclic) bond motifs is 17. The number of ether oxygens (including phenoxy) is 2. The molecule has 324 valence electrons. The maximum Gasteiger partial charge on any atom is 0.151 e. The fraction of sp³-hybridized carbons (Fsp3) is 0.0164. The number of benzene rings is 8. The second-order valence-corrected chi connectivity index (χ2v) is 18.0. The first kappa shape index (κ1) is 38.2. The van der Waals surface area contributed by atoms with E-state index >= 15 is 0 Å². The van der Waals surface area contributed by atoms with E-state index in [1.807, 2.05) is 97.3 Å². The maximum atomic E-state index is 9.91. The summed E-state index contributed by atoms with van der Waals surface area (Å²) in [6, 6.07) is 69.1. The molecule has 0 atom stereocenters. The Morgan fingerprint density at radius 1 is 0.386 bits per heavy atom. The van der Waals surface area contributed by atoms with Crippen LogP contribution in [-0.4, -0.2) is 19.1 Å².